The summed E-state index contributed by atoms with van der Waals surface area (Å²) in [7, 11) is 0. The quantitative estimate of drug-likeness (QED) is 0.535. The molecule has 0 fully saturated rings. The molecule has 0 saturated heterocycles. The third-order valence-corrected chi connectivity index (χ3v) is 3.70. The fourth-order valence-electron chi connectivity index (χ4n) is 2.79. The molecule has 0 aliphatic rings. The van der Waals surface area contributed by atoms with E-state index in [1.165, 1.54) is 25.7 Å². The summed E-state index contributed by atoms with van der Waals surface area (Å²) < 4.78 is 5.95. The van der Waals surface area contributed by atoms with Crippen molar-refractivity contribution in [3.05, 3.63) is 0 Å². The molecule has 0 heterocycles. The number of unbranched alkanes of at least 4 members (excludes halogenated alkanes) is 3. The summed E-state index contributed by atoms with van der Waals surface area (Å²) in [5.41, 5.74) is -0.935. The van der Waals surface area contributed by atoms with Crippen molar-refractivity contribution in [2.45, 2.75) is 104 Å². The number of rotatable bonds is 12. The first-order valence-corrected chi connectivity index (χ1v) is 8.37. The molecule has 3 unspecified atom stereocenters. The normalized spacial score (nSPS) is 17.5. The number of hydrogen-bond acceptors (Lipinski definition) is 3. The van der Waals surface area contributed by atoms with Gasteiger partial charge in [-0.2, -0.15) is 0 Å². The fourth-order valence-corrected chi connectivity index (χ4v) is 2.79. The second-order valence-corrected chi connectivity index (χ2v) is 6.75. The van der Waals surface area contributed by atoms with E-state index in [9.17, 15) is 9.90 Å². The summed E-state index contributed by atoms with van der Waals surface area (Å²) in [4.78, 5) is 11.5. The van der Waals surface area contributed by atoms with Crippen LogP contribution in [-0.2, 0) is 9.53 Å². The largest absolute Gasteiger partial charge is 0.480 e. The molecule has 0 radical (unpaired) electrons. The Morgan fingerprint density at radius 2 is 1.76 bits per heavy atom. The van der Waals surface area contributed by atoms with Crippen molar-refractivity contribution in [2.24, 2.45) is 0 Å². The predicted molar refractivity (Wildman–Crippen MR) is 87.7 cm³/mol. The molecule has 0 amide bonds. The Bertz CT molecular complexity index is 294. The van der Waals surface area contributed by atoms with Gasteiger partial charge in [0.1, 0.15) is 5.54 Å². The number of nitrogens with one attached hydrogen (secondary N) is 1. The van der Waals surface area contributed by atoms with Crippen LogP contribution in [0.25, 0.3) is 0 Å². The molecule has 0 aromatic heterocycles. The number of carbonyl (C=O) groups is 1. The molecule has 4 heteroatoms. The van der Waals surface area contributed by atoms with Gasteiger partial charge >= 0.3 is 5.97 Å². The van der Waals surface area contributed by atoms with Gasteiger partial charge in [0.2, 0.25) is 0 Å². The van der Waals surface area contributed by atoms with E-state index in [0.29, 0.717) is 6.42 Å². The van der Waals surface area contributed by atoms with Crippen molar-refractivity contribution in [1.29, 1.82) is 0 Å². The molecule has 3 atom stereocenters. The van der Waals surface area contributed by atoms with Gasteiger partial charge < -0.3 is 9.84 Å². The summed E-state index contributed by atoms with van der Waals surface area (Å²) >= 11 is 0. The van der Waals surface area contributed by atoms with Crippen molar-refractivity contribution in [1.82, 2.24) is 5.32 Å². The van der Waals surface area contributed by atoms with Gasteiger partial charge in [-0.3, -0.25) is 10.1 Å². The van der Waals surface area contributed by atoms with Crippen molar-refractivity contribution < 1.29 is 14.6 Å². The standard InChI is InChI=1S/C17H35NO3/c1-7-8-9-10-11-14(4)21-15(5)12-17(6,16(19)20)18-13(2)3/h13-15,18H,7-12H2,1-6H3,(H,19,20). The summed E-state index contributed by atoms with van der Waals surface area (Å²) in [6.07, 6.45) is 6.59. The Labute approximate surface area is 130 Å². The second kappa shape index (κ2) is 10.2. The first kappa shape index (κ1) is 20.4. The van der Waals surface area contributed by atoms with Crippen LogP contribution in [0.2, 0.25) is 0 Å². The van der Waals surface area contributed by atoms with Crippen molar-refractivity contribution in [3.8, 4) is 0 Å². The molecule has 0 rings (SSSR count). The van der Waals surface area contributed by atoms with Crippen LogP contribution in [0.15, 0.2) is 0 Å². The predicted octanol–water partition coefficient (Wildman–Crippen LogP) is 3.98. The number of carboxylic acid groups (broad SMARTS) is 1. The molecule has 2 N–H and O–H groups in total. The average Bonchev–Trinajstić information content (AvgIpc) is 2.33. The van der Waals surface area contributed by atoms with Crippen molar-refractivity contribution >= 4 is 5.97 Å². The highest BCUT2D eigenvalue weighted by atomic mass is 16.5. The molecule has 0 aromatic rings. The van der Waals surface area contributed by atoms with E-state index >= 15 is 0 Å². The topological polar surface area (TPSA) is 58.6 Å². The lowest BCUT2D eigenvalue weighted by Crippen LogP contribution is -2.54. The minimum absolute atomic E-state index is 0.0708. The lowest BCUT2D eigenvalue weighted by atomic mass is 9.93. The monoisotopic (exact) mass is 301 g/mol. The van der Waals surface area contributed by atoms with Crippen LogP contribution < -0.4 is 5.32 Å². The van der Waals surface area contributed by atoms with Crippen LogP contribution in [0.3, 0.4) is 0 Å². The van der Waals surface area contributed by atoms with Gasteiger partial charge in [0.05, 0.1) is 12.2 Å². The van der Waals surface area contributed by atoms with E-state index in [-0.39, 0.29) is 18.2 Å². The number of hydrogen-bond donors (Lipinski definition) is 2. The molecule has 0 bridgehead atoms. The van der Waals surface area contributed by atoms with E-state index in [1.54, 1.807) is 6.92 Å². The molecule has 0 aliphatic heterocycles. The zero-order valence-corrected chi connectivity index (χ0v) is 14.7. The molecule has 21 heavy (non-hydrogen) atoms. The lowest BCUT2D eigenvalue weighted by Gasteiger charge is -2.32. The molecule has 0 saturated carbocycles. The van der Waals surface area contributed by atoms with Crippen LogP contribution >= 0.6 is 0 Å². The van der Waals surface area contributed by atoms with Gasteiger partial charge in [-0.25, -0.2) is 0 Å². The van der Waals surface area contributed by atoms with E-state index < -0.39 is 11.5 Å². The van der Waals surface area contributed by atoms with Crippen LogP contribution in [0.4, 0.5) is 0 Å². The van der Waals surface area contributed by atoms with E-state index in [4.69, 9.17) is 4.74 Å². The molecule has 0 aromatic carbocycles. The fraction of sp³-hybridized carbons (Fsp3) is 0.941. The number of ether oxygens (including phenoxy) is 1. The van der Waals surface area contributed by atoms with E-state index in [0.717, 1.165) is 6.42 Å². The Hall–Kier alpha value is -0.610. The first-order valence-electron chi connectivity index (χ1n) is 8.37. The zero-order valence-electron chi connectivity index (χ0n) is 14.7. The third kappa shape index (κ3) is 9.10. The van der Waals surface area contributed by atoms with E-state index in [2.05, 4.69) is 19.2 Å². The molecule has 0 spiro atoms. The Balaban J connectivity index is 4.24. The highest BCUT2D eigenvalue weighted by Gasteiger charge is 2.35. The maximum absolute atomic E-state index is 11.5. The summed E-state index contributed by atoms with van der Waals surface area (Å²) in [5.74, 6) is -0.817. The second-order valence-electron chi connectivity index (χ2n) is 6.75. The maximum Gasteiger partial charge on any atom is 0.323 e. The maximum atomic E-state index is 11.5. The van der Waals surface area contributed by atoms with Crippen LogP contribution in [0, 0.1) is 0 Å². The highest BCUT2D eigenvalue weighted by Crippen LogP contribution is 2.19. The number of aliphatic carboxylic acids is 1. The summed E-state index contributed by atoms with van der Waals surface area (Å²) in [6.45, 7) is 11.9. The molecular formula is C17H35NO3. The summed E-state index contributed by atoms with van der Waals surface area (Å²) in [6, 6.07) is 0.129. The lowest BCUT2D eigenvalue weighted by molar-refractivity contribution is -0.146. The average molecular weight is 301 g/mol. The zero-order chi connectivity index (χ0) is 16.5. The minimum atomic E-state index is -0.935. The van der Waals surface area contributed by atoms with Crippen molar-refractivity contribution in [3.63, 3.8) is 0 Å². The van der Waals surface area contributed by atoms with Gasteiger partial charge in [0.15, 0.2) is 0 Å². The minimum Gasteiger partial charge on any atom is -0.480 e. The molecule has 4 nitrogen and oxygen atoms in total. The van der Waals surface area contributed by atoms with E-state index in [1.807, 2.05) is 20.8 Å². The molecular weight excluding hydrogens is 266 g/mol. The smallest absolute Gasteiger partial charge is 0.323 e. The SMILES string of the molecule is CCCCCCC(C)OC(C)CC(C)(NC(C)C)C(=O)O. The number of carboxylic acids is 1. The molecule has 0 aliphatic carbocycles. The highest BCUT2D eigenvalue weighted by molar-refractivity contribution is 5.78. The van der Waals surface area contributed by atoms with Crippen LogP contribution in [0.1, 0.15) is 80.1 Å². The Morgan fingerprint density at radius 1 is 1.14 bits per heavy atom. The van der Waals surface area contributed by atoms with Crippen molar-refractivity contribution in [2.75, 3.05) is 0 Å². The third-order valence-electron chi connectivity index (χ3n) is 3.70. The molecule has 126 valence electrons. The van der Waals surface area contributed by atoms with Crippen LogP contribution in [-0.4, -0.2) is 34.9 Å². The van der Waals surface area contributed by atoms with Crippen LogP contribution in [0.5, 0.6) is 0 Å². The van der Waals surface area contributed by atoms with Gasteiger partial charge in [-0.05, 0) is 41.0 Å². The Morgan fingerprint density at radius 3 is 2.24 bits per heavy atom. The Kier molecular flexibility index (Phi) is 9.88. The van der Waals surface area contributed by atoms with Gasteiger partial charge in [-0.15, -0.1) is 0 Å². The summed E-state index contributed by atoms with van der Waals surface area (Å²) in [5, 5.41) is 12.6. The van der Waals surface area contributed by atoms with Gasteiger partial charge in [0.25, 0.3) is 0 Å². The van der Waals surface area contributed by atoms with Gasteiger partial charge in [0, 0.05) is 12.5 Å². The first-order chi connectivity index (χ1) is 9.71. The van der Waals surface area contributed by atoms with Gasteiger partial charge in [-0.1, -0.05) is 32.6 Å².